The van der Waals surface area contributed by atoms with E-state index in [1.807, 2.05) is 13.0 Å². The minimum Gasteiger partial charge on any atom is -0.356 e. The Hall–Kier alpha value is -1.91. The number of benzene rings is 1. The first-order valence-corrected chi connectivity index (χ1v) is 8.16. The predicted molar refractivity (Wildman–Crippen MR) is 79.0 cm³/mol. The number of sulfonamides is 1. The molecule has 21 heavy (non-hydrogen) atoms. The van der Waals surface area contributed by atoms with Gasteiger partial charge < -0.3 is 5.32 Å². The van der Waals surface area contributed by atoms with E-state index in [4.69, 9.17) is 5.26 Å². The average Bonchev–Trinajstić information content (AvgIpc) is 2.44. The summed E-state index contributed by atoms with van der Waals surface area (Å²) in [5, 5.41) is 11.4. The normalized spacial score (nSPS) is 10.9. The molecule has 6 nitrogen and oxygen atoms in total. The molecular weight excluding hydrogens is 290 g/mol. The van der Waals surface area contributed by atoms with Crippen LogP contribution in [-0.2, 0) is 14.8 Å². The third-order valence-electron chi connectivity index (χ3n) is 2.81. The summed E-state index contributed by atoms with van der Waals surface area (Å²) in [6.45, 7) is 4.19. The Morgan fingerprint density at radius 3 is 2.62 bits per heavy atom. The number of nitrogens with zero attached hydrogens (tertiary/aromatic N) is 1. The number of hydrogen-bond donors (Lipinski definition) is 2. The molecule has 1 aromatic carbocycles. The molecule has 0 fully saturated rings. The van der Waals surface area contributed by atoms with Gasteiger partial charge in [-0.2, -0.15) is 5.26 Å². The Bertz CT molecular complexity index is 648. The molecule has 0 aliphatic carbocycles. The van der Waals surface area contributed by atoms with Crippen molar-refractivity contribution in [2.45, 2.75) is 31.6 Å². The van der Waals surface area contributed by atoms with Crippen molar-refractivity contribution in [2.75, 3.05) is 13.1 Å². The van der Waals surface area contributed by atoms with Crippen LogP contribution >= 0.6 is 0 Å². The monoisotopic (exact) mass is 309 g/mol. The van der Waals surface area contributed by atoms with Gasteiger partial charge in [-0.15, -0.1) is 0 Å². The highest BCUT2D eigenvalue weighted by atomic mass is 32.2. The molecule has 0 saturated heterocycles. The molecule has 0 unspecified atom stereocenters. The lowest BCUT2D eigenvalue weighted by molar-refractivity contribution is -0.120. The van der Waals surface area contributed by atoms with Gasteiger partial charge in [-0.3, -0.25) is 4.79 Å². The summed E-state index contributed by atoms with van der Waals surface area (Å²) in [6, 6.07) is 6.32. The van der Waals surface area contributed by atoms with Gasteiger partial charge in [0.1, 0.15) is 0 Å². The minimum atomic E-state index is -3.67. The molecule has 1 amide bonds. The van der Waals surface area contributed by atoms with E-state index in [2.05, 4.69) is 10.0 Å². The fourth-order valence-corrected chi connectivity index (χ4v) is 3.01. The van der Waals surface area contributed by atoms with Gasteiger partial charge in [0.15, 0.2) is 0 Å². The number of aryl methyl sites for hydroxylation is 1. The van der Waals surface area contributed by atoms with Gasteiger partial charge in [0.05, 0.1) is 16.5 Å². The Morgan fingerprint density at radius 2 is 2.05 bits per heavy atom. The van der Waals surface area contributed by atoms with E-state index in [0.29, 0.717) is 17.7 Å². The Kier molecular flexibility index (Phi) is 6.34. The third kappa shape index (κ3) is 5.17. The standard InChI is InChI=1S/C14H19N3O3S/c1-3-7-16-14(18)6-8-17-21(19,20)13-5-4-12(10-15)9-11(13)2/h4-5,9,17H,3,6-8H2,1-2H3,(H,16,18). The molecule has 0 radical (unpaired) electrons. The molecule has 0 atom stereocenters. The molecule has 2 N–H and O–H groups in total. The van der Waals surface area contributed by atoms with Gasteiger partial charge >= 0.3 is 0 Å². The Balaban J connectivity index is 2.66. The van der Waals surface area contributed by atoms with Crippen LogP contribution in [0.3, 0.4) is 0 Å². The van der Waals surface area contributed by atoms with E-state index in [1.54, 1.807) is 6.92 Å². The number of hydrogen-bond acceptors (Lipinski definition) is 4. The smallest absolute Gasteiger partial charge is 0.240 e. The number of amides is 1. The lowest BCUT2D eigenvalue weighted by atomic mass is 10.2. The highest BCUT2D eigenvalue weighted by Gasteiger charge is 2.17. The van der Waals surface area contributed by atoms with Gasteiger partial charge in [-0.25, -0.2) is 13.1 Å². The summed E-state index contributed by atoms with van der Waals surface area (Å²) in [5.41, 5.74) is 0.905. The third-order valence-corrected chi connectivity index (χ3v) is 4.43. The fourth-order valence-electron chi connectivity index (χ4n) is 1.75. The zero-order valence-corrected chi connectivity index (χ0v) is 13.0. The van der Waals surface area contributed by atoms with Gasteiger partial charge in [-0.05, 0) is 37.1 Å². The van der Waals surface area contributed by atoms with Crippen molar-refractivity contribution in [3.8, 4) is 6.07 Å². The molecule has 114 valence electrons. The molecule has 0 aromatic heterocycles. The predicted octanol–water partition coefficient (Wildman–Crippen LogP) is 1.06. The maximum absolute atomic E-state index is 12.1. The molecule has 0 spiro atoms. The lowest BCUT2D eigenvalue weighted by Crippen LogP contribution is -2.31. The van der Waals surface area contributed by atoms with Crippen LogP contribution in [0.5, 0.6) is 0 Å². The summed E-state index contributed by atoms with van der Waals surface area (Å²) in [5.74, 6) is -0.184. The van der Waals surface area contributed by atoms with Crippen LogP contribution in [0.4, 0.5) is 0 Å². The summed E-state index contributed by atoms with van der Waals surface area (Å²) in [6.07, 6.45) is 0.927. The fraction of sp³-hybridized carbons (Fsp3) is 0.429. The van der Waals surface area contributed by atoms with Crippen molar-refractivity contribution in [1.82, 2.24) is 10.0 Å². The van der Waals surface area contributed by atoms with Gasteiger partial charge in [0, 0.05) is 19.5 Å². The number of nitrogens with one attached hydrogen (secondary N) is 2. The zero-order valence-electron chi connectivity index (χ0n) is 12.1. The minimum absolute atomic E-state index is 0.0390. The highest BCUT2D eigenvalue weighted by Crippen LogP contribution is 2.16. The van der Waals surface area contributed by atoms with E-state index >= 15 is 0 Å². The molecular formula is C14H19N3O3S. The van der Waals surface area contributed by atoms with Crippen molar-refractivity contribution >= 4 is 15.9 Å². The van der Waals surface area contributed by atoms with E-state index in [0.717, 1.165) is 6.42 Å². The maximum Gasteiger partial charge on any atom is 0.240 e. The van der Waals surface area contributed by atoms with Crippen LogP contribution in [0, 0.1) is 18.3 Å². The SMILES string of the molecule is CCCNC(=O)CCNS(=O)(=O)c1ccc(C#N)cc1C. The highest BCUT2D eigenvalue weighted by molar-refractivity contribution is 7.89. The maximum atomic E-state index is 12.1. The Morgan fingerprint density at radius 1 is 1.33 bits per heavy atom. The molecule has 0 heterocycles. The first-order valence-electron chi connectivity index (χ1n) is 6.68. The molecule has 1 rings (SSSR count). The first-order chi connectivity index (χ1) is 9.90. The van der Waals surface area contributed by atoms with E-state index in [9.17, 15) is 13.2 Å². The number of carbonyl (C=O) groups excluding carboxylic acids is 1. The van der Waals surface area contributed by atoms with Crippen molar-refractivity contribution in [3.05, 3.63) is 29.3 Å². The van der Waals surface area contributed by atoms with Crippen LogP contribution in [0.1, 0.15) is 30.9 Å². The number of carbonyl (C=O) groups is 1. The molecule has 0 aliphatic rings. The van der Waals surface area contributed by atoms with Crippen molar-refractivity contribution < 1.29 is 13.2 Å². The quantitative estimate of drug-likeness (QED) is 0.786. The van der Waals surface area contributed by atoms with Crippen molar-refractivity contribution in [2.24, 2.45) is 0 Å². The second-order valence-electron chi connectivity index (χ2n) is 4.59. The van der Waals surface area contributed by atoms with Crippen molar-refractivity contribution in [3.63, 3.8) is 0 Å². The van der Waals surface area contributed by atoms with E-state index in [-0.39, 0.29) is 23.8 Å². The largest absolute Gasteiger partial charge is 0.356 e. The van der Waals surface area contributed by atoms with Crippen LogP contribution in [0.15, 0.2) is 23.1 Å². The first kappa shape index (κ1) is 17.1. The zero-order chi connectivity index (χ0) is 15.9. The van der Waals surface area contributed by atoms with Gasteiger partial charge in [0.25, 0.3) is 0 Å². The molecule has 7 heteroatoms. The van der Waals surface area contributed by atoms with Crippen LogP contribution in [0.25, 0.3) is 0 Å². The Labute approximate surface area is 125 Å². The van der Waals surface area contributed by atoms with Crippen LogP contribution in [-0.4, -0.2) is 27.4 Å². The molecule has 0 aliphatic heterocycles. The second-order valence-corrected chi connectivity index (χ2v) is 6.33. The average molecular weight is 309 g/mol. The van der Waals surface area contributed by atoms with Crippen molar-refractivity contribution in [1.29, 1.82) is 5.26 Å². The van der Waals surface area contributed by atoms with Crippen LogP contribution in [0.2, 0.25) is 0 Å². The van der Waals surface area contributed by atoms with Crippen LogP contribution < -0.4 is 10.0 Å². The lowest BCUT2D eigenvalue weighted by Gasteiger charge is -2.09. The van der Waals surface area contributed by atoms with E-state index < -0.39 is 10.0 Å². The van der Waals surface area contributed by atoms with Gasteiger partial charge in [-0.1, -0.05) is 6.92 Å². The molecule has 0 saturated carbocycles. The summed E-state index contributed by atoms with van der Waals surface area (Å²) in [7, 11) is -3.67. The summed E-state index contributed by atoms with van der Waals surface area (Å²) >= 11 is 0. The molecule has 0 bridgehead atoms. The number of nitriles is 1. The van der Waals surface area contributed by atoms with E-state index in [1.165, 1.54) is 18.2 Å². The molecule has 1 aromatic rings. The van der Waals surface area contributed by atoms with Gasteiger partial charge in [0.2, 0.25) is 15.9 Å². The second kappa shape index (κ2) is 7.76. The summed E-state index contributed by atoms with van der Waals surface area (Å²) in [4.78, 5) is 11.5. The topological polar surface area (TPSA) is 99.1 Å². The summed E-state index contributed by atoms with van der Waals surface area (Å²) < 4.78 is 26.6. The number of rotatable bonds is 7.